The second-order valence-corrected chi connectivity index (χ2v) is 6.23. The molecule has 0 bridgehead atoms. The number of thioether (sulfide) groups is 1. The zero-order valence-corrected chi connectivity index (χ0v) is 11.7. The van der Waals surface area contributed by atoms with Crippen molar-refractivity contribution in [2.24, 2.45) is 11.1 Å². The van der Waals surface area contributed by atoms with Crippen molar-refractivity contribution in [2.75, 3.05) is 5.75 Å². The highest BCUT2D eigenvalue weighted by Crippen LogP contribution is 2.18. The SMILES string of the molecule is CC(C)(C)C#CCC(N)CSc1ccccc1. The highest BCUT2D eigenvalue weighted by molar-refractivity contribution is 7.99. The van der Waals surface area contributed by atoms with Gasteiger partial charge in [0, 0.05) is 28.5 Å². The molecular weight excluding hydrogens is 226 g/mol. The first-order valence-corrected chi connectivity index (χ1v) is 6.89. The van der Waals surface area contributed by atoms with Gasteiger partial charge in [-0.1, -0.05) is 24.1 Å². The van der Waals surface area contributed by atoms with Crippen LogP contribution in [-0.2, 0) is 0 Å². The minimum atomic E-state index is 0.0757. The Morgan fingerprint density at radius 3 is 2.47 bits per heavy atom. The molecule has 17 heavy (non-hydrogen) atoms. The minimum Gasteiger partial charge on any atom is -0.326 e. The predicted octanol–water partition coefficient (Wildman–Crippen LogP) is 3.55. The molecule has 1 aromatic carbocycles. The van der Waals surface area contributed by atoms with Gasteiger partial charge in [0.25, 0.3) is 0 Å². The minimum absolute atomic E-state index is 0.0757. The molecule has 1 unspecified atom stereocenters. The zero-order chi connectivity index (χ0) is 12.7. The first-order valence-electron chi connectivity index (χ1n) is 5.91. The highest BCUT2D eigenvalue weighted by atomic mass is 32.2. The fourth-order valence-corrected chi connectivity index (χ4v) is 2.10. The lowest BCUT2D eigenvalue weighted by Gasteiger charge is -2.09. The van der Waals surface area contributed by atoms with Crippen molar-refractivity contribution < 1.29 is 0 Å². The second kappa shape index (κ2) is 6.74. The quantitative estimate of drug-likeness (QED) is 0.650. The van der Waals surface area contributed by atoms with Crippen LogP contribution in [0.25, 0.3) is 0 Å². The molecule has 1 rings (SSSR count). The Labute approximate surface area is 109 Å². The molecule has 0 saturated carbocycles. The van der Waals surface area contributed by atoms with Crippen molar-refractivity contribution in [3.8, 4) is 11.8 Å². The topological polar surface area (TPSA) is 26.0 Å². The van der Waals surface area contributed by atoms with E-state index in [2.05, 4.69) is 44.7 Å². The van der Waals surface area contributed by atoms with Crippen molar-refractivity contribution in [3.63, 3.8) is 0 Å². The lowest BCUT2D eigenvalue weighted by atomic mass is 9.98. The summed E-state index contributed by atoms with van der Waals surface area (Å²) in [5, 5.41) is 0. The van der Waals surface area contributed by atoms with Gasteiger partial charge in [-0.3, -0.25) is 0 Å². The van der Waals surface area contributed by atoms with Crippen LogP contribution < -0.4 is 5.73 Å². The average molecular weight is 247 g/mol. The maximum Gasteiger partial charge on any atom is 0.0249 e. The van der Waals surface area contributed by atoms with Crippen molar-refractivity contribution >= 4 is 11.8 Å². The normalized spacial score (nSPS) is 12.7. The van der Waals surface area contributed by atoms with Crippen LogP contribution in [0.4, 0.5) is 0 Å². The molecule has 1 aromatic rings. The Morgan fingerprint density at radius 1 is 1.24 bits per heavy atom. The van der Waals surface area contributed by atoms with Crippen LogP contribution in [0.15, 0.2) is 35.2 Å². The highest BCUT2D eigenvalue weighted by Gasteiger charge is 2.05. The van der Waals surface area contributed by atoms with Gasteiger partial charge in [-0.15, -0.1) is 17.7 Å². The number of rotatable bonds is 4. The van der Waals surface area contributed by atoms with Crippen molar-refractivity contribution in [1.82, 2.24) is 0 Å². The third-order valence-electron chi connectivity index (χ3n) is 2.03. The number of hydrogen-bond acceptors (Lipinski definition) is 2. The molecule has 2 N–H and O–H groups in total. The van der Waals surface area contributed by atoms with Gasteiger partial charge >= 0.3 is 0 Å². The summed E-state index contributed by atoms with van der Waals surface area (Å²) in [5.74, 6) is 7.30. The van der Waals surface area contributed by atoms with E-state index in [0.717, 1.165) is 12.2 Å². The Bertz CT molecular complexity index is 381. The standard InChI is InChI=1S/C15H21NS/c1-15(2,3)11-7-8-13(16)12-17-14-9-5-4-6-10-14/h4-6,9-10,13H,8,12,16H2,1-3H3. The summed E-state index contributed by atoms with van der Waals surface area (Å²) in [5.41, 5.74) is 6.10. The van der Waals surface area contributed by atoms with Crippen molar-refractivity contribution in [2.45, 2.75) is 38.1 Å². The molecule has 0 aromatic heterocycles. The van der Waals surface area contributed by atoms with Crippen LogP contribution in [0.5, 0.6) is 0 Å². The van der Waals surface area contributed by atoms with Crippen LogP contribution in [0.3, 0.4) is 0 Å². The smallest absolute Gasteiger partial charge is 0.0249 e. The second-order valence-electron chi connectivity index (χ2n) is 5.14. The van der Waals surface area contributed by atoms with Crippen LogP contribution in [0.2, 0.25) is 0 Å². The summed E-state index contributed by atoms with van der Waals surface area (Å²) in [4.78, 5) is 1.27. The van der Waals surface area contributed by atoms with Crippen LogP contribution in [-0.4, -0.2) is 11.8 Å². The van der Waals surface area contributed by atoms with E-state index in [0.29, 0.717) is 0 Å². The summed E-state index contributed by atoms with van der Waals surface area (Å²) >= 11 is 1.79. The monoisotopic (exact) mass is 247 g/mol. The first kappa shape index (κ1) is 14.2. The largest absolute Gasteiger partial charge is 0.326 e. The number of hydrogen-bond donors (Lipinski definition) is 1. The molecule has 0 aliphatic heterocycles. The van der Waals surface area contributed by atoms with Gasteiger partial charge in [0.15, 0.2) is 0 Å². The zero-order valence-electron chi connectivity index (χ0n) is 10.9. The van der Waals surface area contributed by atoms with E-state index in [-0.39, 0.29) is 11.5 Å². The molecular formula is C15H21NS. The van der Waals surface area contributed by atoms with E-state index in [1.165, 1.54) is 4.90 Å². The maximum absolute atomic E-state index is 6.03. The molecule has 1 atom stereocenters. The van der Waals surface area contributed by atoms with E-state index in [1.807, 2.05) is 18.2 Å². The van der Waals surface area contributed by atoms with E-state index in [9.17, 15) is 0 Å². The van der Waals surface area contributed by atoms with Gasteiger partial charge in [-0.25, -0.2) is 0 Å². The lowest BCUT2D eigenvalue weighted by molar-refractivity contribution is 0.569. The maximum atomic E-state index is 6.03. The van der Waals surface area contributed by atoms with Crippen LogP contribution in [0, 0.1) is 17.3 Å². The third kappa shape index (κ3) is 7.10. The summed E-state index contributed by atoms with van der Waals surface area (Å²) in [6.07, 6.45) is 0.775. The Balaban J connectivity index is 2.30. The van der Waals surface area contributed by atoms with Gasteiger partial charge in [0.2, 0.25) is 0 Å². The van der Waals surface area contributed by atoms with E-state index >= 15 is 0 Å². The molecule has 0 radical (unpaired) electrons. The van der Waals surface area contributed by atoms with Gasteiger partial charge in [0.1, 0.15) is 0 Å². The van der Waals surface area contributed by atoms with Crippen molar-refractivity contribution in [1.29, 1.82) is 0 Å². The summed E-state index contributed by atoms with van der Waals surface area (Å²) in [6, 6.07) is 10.5. The molecule has 92 valence electrons. The van der Waals surface area contributed by atoms with Gasteiger partial charge in [-0.2, -0.15) is 0 Å². The van der Waals surface area contributed by atoms with E-state index in [4.69, 9.17) is 5.73 Å². The fourth-order valence-electron chi connectivity index (χ4n) is 1.23. The molecule has 0 saturated heterocycles. The van der Waals surface area contributed by atoms with E-state index < -0.39 is 0 Å². The molecule has 2 heteroatoms. The predicted molar refractivity (Wildman–Crippen MR) is 77.0 cm³/mol. The Morgan fingerprint density at radius 2 is 1.88 bits per heavy atom. The first-order chi connectivity index (χ1) is 7.97. The van der Waals surface area contributed by atoms with E-state index in [1.54, 1.807) is 11.8 Å². The lowest BCUT2D eigenvalue weighted by Crippen LogP contribution is -2.22. The molecule has 0 aliphatic carbocycles. The molecule has 0 aliphatic rings. The third-order valence-corrected chi connectivity index (χ3v) is 3.24. The Kier molecular flexibility index (Phi) is 5.61. The van der Waals surface area contributed by atoms with Crippen LogP contribution in [0.1, 0.15) is 27.2 Å². The summed E-state index contributed by atoms with van der Waals surface area (Å²) in [6.45, 7) is 6.35. The Hall–Kier alpha value is -0.910. The molecule has 0 fully saturated rings. The molecule has 0 amide bonds. The molecule has 0 spiro atoms. The van der Waals surface area contributed by atoms with Crippen LogP contribution >= 0.6 is 11.8 Å². The number of nitrogens with two attached hydrogens (primary N) is 1. The average Bonchev–Trinajstić information content (AvgIpc) is 2.26. The van der Waals surface area contributed by atoms with Gasteiger partial charge < -0.3 is 5.73 Å². The number of benzene rings is 1. The van der Waals surface area contributed by atoms with Gasteiger partial charge in [-0.05, 0) is 32.9 Å². The fraction of sp³-hybridized carbons (Fsp3) is 0.467. The van der Waals surface area contributed by atoms with Gasteiger partial charge in [0.05, 0.1) is 0 Å². The summed E-state index contributed by atoms with van der Waals surface area (Å²) < 4.78 is 0. The summed E-state index contributed by atoms with van der Waals surface area (Å²) in [7, 11) is 0. The molecule has 1 nitrogen and oxygen atoms in total. The van der Waals surface area contributed by atoms with Crippen molar-refractivity contribution in [3.05, 3.63) is 30.3 Å². The molecule has 0 heterocycles.